The van der Waals surface area contributed by atoms with Crippen molar-refractivity contribution in [1.29, 1.82) is 0 Å². The summed E-state index contributed by atoms with van der Waals surface area (Å²) < 4.78 is 35.2. The zero-order valence-electron chi connectivity index (χ0n) is 5.57. The normalized spacial score (nSPS) is 41.1. The molecule has 0 amide bonds. The maximum atomic E-state index is 11.7. The van der Waals surface area contributed by atoms with Gasteiger partial charge in [-0.2, -0.15) is 13.2 Å². The highest BCUT2D eigenvalue weighted by Gasteiger charge is 2.52. The molecule has 1 aliphatic carbocycles. The van der Waals surface area contributed by atoms with Gasteiger partial charge in [-0.15, -0.1) is 0 Å². The third kappa shape index (κ3) is 1.42. The molecule has 0 aliphatic heterocycles. The van der Waals surface area contributed by atoms with Crippen molar-refractivity contribution in [2.75, 3.05) is 0 Å². The Kier molecular flexibility index (Phi) is 1.47. The number of rotatable bonds is 0. The van der Waals surface area contributed by atoms with Crippen molar-refractivity contribution in [1.82, 2.24) is 0 Å². The van der Waals surface area contributed by atoms with E-state index in [4.69, 9.17) is 5.11 Å². The molecule has 0 bridgehead atoms. The molecule has 0 aromatic heterocycles. The standard InChI is InChI=1S/C6H9F3O/c1-5(10)2-4(3-5)6(7,8)9/h4,10H,2-3H2,1H3. The molecular formula is C6H9F3O. The molecule has 1 aliphatic rings. The molecule has 0 radical (unpaired) electrons. The molecule has 0 atom stereocenters. The van der Waals surface area contributed by atoms with Gasteiger partial charge in [0.05, 0.1) is 11.5 Å². The van der Waals surface area contributed by atoms with Crippen LogP contribution in [0.4, 0.5) is 13.2 Å². The minimum Gasteiger partial charge on any atom is -0.390 e. The predicted molar refractivity (Wildman–Crippen MR) is 29.4 cm³/mol. The van der Waals surface area contributed by atoms with Crippen LogP contribution < -0.4 is 0 Å². The Morgan fingerprint density at radius 2 is 1.80 bits per heavy atom. The minimum atomic E-state index is -4.11. The molecule has 1 nitrogen and oxygen atoms in total. The van der Waals surface area contributed by atoms with E-state index in [1.807, 2.05) is 0 Å². The van der Waals surface area contributed by atoms with Crippen LogP contribution in [0, 0.1) is 5.92 Å². The molecule has 1 saturated carbocycles. The Bertz CT molecular complexity index is 130. The summed E-state index contributed by atoms with van der Waals surface area (Å²) in [6, 6.07) is 0. The number of halogens is 3. The van der Waals surface area contributed by atoms with Gasteiger partial charge in [-0.25, -0.2) is 0 Å². The molecule has 60 valence electrons. The molecule has 10 heavy (non-hydrogen) atoms. The van der Waals surface area contributed by atoms with Crippen LogP contribution in [0.2, 0.25) is 0 Å². The van der Waals surface area contributed by atoms with Crippen molar-refractivity contribution in [3.8, 4) is 0 Å². The van der Waals surface area contributed by atoms with E-state index in [1.54, 1.807) is 0 Å². The highest BCUT2D eigenvalue weighted by molar-refractivity contribution is 4.93. The fourth-order valence-corrected chi connectivity index (χ4v) is 1.23. The molecule has 1 N–H and O–H groups in total. The number of alkyl halides is 3. The molecule has 0 saturated heterocycles. The lowest BCUT2D eigenvalue weighted by Gasteiger charge is -2.41. The van der Waals surface area contributed by atoms with Gasteiger partial charge in [-0.1, -0.05) is 0 Å². The van der Waals surface area contributed by atoms with Gasteiger partial charge < -0.3 is 5.11 Å². The highest BCUT2D eigenvalue weighted by atomic mass is 19.4. The second kappa shape index (κ2) is 1.87. The van der Waals surface area contributed by atoms with Crippen molar-refractivity contribution in [3.63, 3.8) is 0 Å². The lowest BCUT2D eigenvalue weighted by atomic mass is 9.72. The van der Waals surface area contributed by atoms with Gasteiger partial charge in [-0.05, 0) is 19.8 Å². The van der Waals surface area contributed by atoms with Crippen LogP contribution in [0.15, 0.2) is 0 Å². The second-order valence-electron chi connectivity index (χ2n) is 3.14. The molecule has 0 spiro atoms. The minimum absolute atomic E-state index is 0.142. The van der Waals surface area contributed by atoms with Gasteiger partial charge in [0.2, 0.25) is 0 Å². The summed E-state index contributed by atoms with van der Waals surface area (Å²) in [6.07, 6.45) is -4.39. The molecular weight excluding hydrogens is 145 g/mol. The summed E-state index contributed by atoms with van der Waals surface area (Å²) in [5.41, 5.74) is -1.07. The van der Waals surface area contributed by atoms with Gasteiger partial charge in [0, 0.05) is 0 Å². The fourth-order valence-electron chi connectivity index (χ4n) is 1.23. The summed E-state index contributed by atoms with van der Waals surface area (Å²) in [7, 11) is 0. The Balaban J connectivity index is 2.40. The van der Waals surface area contributed by atoms with Crippen molar-refractivity contribution in [3.05, 3.63) is 0 Å². The lowest BCUT2D eigenvalue weighted by Crippen LogP contribution is -2.47. The Morgan fingerprint density at radius 3 is 1.90 bits per heavy atom. The SMILES string of the molecule is CC1(O)CC(C(F)(F)F)C1. The summed E-state index contributed by atoms with van der Waals surface area (Å²) in [5, 5.41) is 8.95. The lowest BCUT2D eigenvalue weighted by molar-refractivity contribution is -0.234. The summed E-state index contributed by atoms with van der Waals surface area (Å²) in [6.45, 7) is 1.43. The van der Waals surface area contributed by atoms with Gasteiger partial charge in [0.1, 0.15) is 0 Å². The zero-order valence-corrected chi connectivity index (χ0v) is 5.57. The largest absolute Gasteiger partial charge is 0.392 e. The van der Waals surface area contributed by atoms with Crippen LogP contribution in [0.3, 0.4) is 0 Å². The molecule has 0 unspecified atom stereocenters. The van der Waals surface area contributed by atoms with E-state index in [-0.39, 0.29) is 12.8 Å². The van der Waals surface area contributed by atoms with Crippen LogP contribution in [0.5, 0.6) is 0 Å². The van der Waals surface area contributed by atoms with Gasteiger partial charge in [0.15, 0.2) is 0 Å². The molecule has 4 heteroatoms. The first-order chi connectivity index (χ1) is 4.31. The monoisotopic (exact) mass is 154 g/mol. The first-order valence-corrected chi connectivity index (χ1v) is 3.10. The Labute approximate surface area is 56.8 Å². The fraction of sp³-hybridized carbons (Fsp3) is 1.00. The highest BCUT2D eigenvalue weighted by Crippen LogP contribution is 2.46. The van der Waals surface area contributed by atoms with Gasteiger partial charge in [0.25, 0.3) is 0 Å². The van der Waals surface area contributed by atoms with E-state index in [2.05, 4.69) is 0 Å². The second-order valence-corrected chi connectivity index (χ2v) is 3.14. The van der Waals surface area contributed by atoms with Crippen molar-refractivity contribution >= 4 is 0 Å². The molecule has 1 rings (SSSR count). The van der Waals surface area contributed by atoms with Crippen LogP contribution in [-0.2, 0) is 0 Å². The van der Waals surface area contributed by atoms with E-state index < -0.39 is 17.7 Å². The van der Waals surface area contributed by atoms with E-state index in [0.29, 0.717) is 0 Å². The third-order valence-corrected chi connectivity index (χ3v) is 1.84. The van der Waals surface area contributed by atoms with Gasteiger partial charge >= 0.3 is 6.18 Å². The Hall–Kier alpha value is -0.250. The predicted octanol–water partition coefficient (Wildman–Crippen LogP) is 1.71. The summed E-state index contributed by atoms with van der Waals surface area (Å²) >= 11 is 0. The molecule has 1 fully saturated rings. The zero-order chi connectivity index (χ0) is 7.99. The van der Waals surface area contributed by atoms with E-state index in [0.717, 1.165) is 0 Å². The van der Waals surface area contributed by atoms with Gasteiger partial charge in [-0.3, -0.25) is 0 Å². The maximum absolute atomic E-state index is 11.7. The van der Waals surface area contributed by atoms with Crippen molar-refractivity contribution in [2.45, 2.75) is 31.5 Å². The average Bonchev–Trinajstić information content (AvgIpc) is 1.56. The molecule has 0 aromatic carbocycles. The van der Waals surface area contributed by atoms with E-state index in [1.165, 1.54) is 6.92 Å². The van der Waals surface area contributed by atoms with Crippen LogP contribution in [0.25, 0.3) is 0 Å². The first kappa shape index (κ1) is 7.85. The van der Waals surface area contributed by atoms with Crippen LogP contribution >= 0.6 is 0 Å². The van der Waals surface area contributed by atoms with E-state index in [9.17, 15) is 13.2 Å². The van der Waals surface area contributed by atoms with Crippen molar-refractivity contribution in [2.24, 2.45) is 5.92 Å². The van der Waals surface area contributed by atoms with Crippen LogP contribution in [0.1, 0.15) is 19.8 Å². The first-order valence-electron chi connectivity index (χ1n) is 3.10. The van der Waals surface area contributed by atoms with Crippen LogP contribution in [-0.4, -0.2) is 16.9 Å². The topological polar surface area (TPSA) is 20.2 Å². The number of hydrogen-bond donors (Lipinski definition) is 1. The van der Waals surface area contributed by atoms with Crippen molar-refractivity contribution < 1.29 is 18.3 Å². The Morgan fingerprint density at radius 1 is 1.40 bits per heavy atom. The number of hydrogen-bond acceptors (Lipinski definition) is 1. The maximum Gasteiger partial charge on any atom is 0.392 e. The smallest absolute Gasteiger partial charge is 0.390 e. The average molecular weight is 154 g/mol. The summed E-state index contributed by atoms with van der Waals surface area (Å²) in [4.78, 5) is 0. The molecule has 0 heterocycles. The quantitative estimate of drug-likeness (QED) is 0.563. The molecule has 0 aromatic rings. The number of aliphatic hydroxyl groups is 1. The van der Waals surface area contributed by atoms with E-state index >= 15 is 0 Å². The summed E-state index contributed by atoms with van der Waals surface area (Å²) in [5.74, 6) is -1.28. The third-order valence-electron chi connectivity index (χ3n) is 1.84.